The first-order valence-electron chi connectivity index (χ1n) is 18.4. The fourth-order valence-electron chi connectivity index (χ4n) is 8.84. The molecule has 5 nitrogen and oxygen atoms in total. The van der Waals surface area contributed by atoms with E-state index in [9.17, 15) is 5.11 Å². The molecule has 0 saturated heterocycles. The van der Waals surface area contributed by atoms with Crippen LogP contribution in [0.15, 0.2) is 89.9 Å². The third kappa shape index (κ3) is 5.43. The Balaban J connectivity index is 1.47. The van der Waals surface area contributed by atoms with Gasteiger partial charge in [0.2, 0.25) is 11.8 Å². The quantitative estimate of drug-likeness (QED) is 0.194. The summed E-state index contributed by atoms with van der Waals surface area (Å²) in [6.45, 7) is 24.7. The lowest BCUT2D eigenvalue weighted by atomic mass is 9.56. The second-order valence-corrected chi connectivity index (χ2v) is 17.4. The van der Waals surface area contributed by atoms with E-state index in [1.54, 1.807) is 6.07 Å². The van der Waals surface area contributed by atoms with E-state index >= 15 is 0 Å². The second-order valence-electron chi connectivity index (χ2n) is 17.4. The SMILES string of the molecule is Cc1cc(O)c2nc(Oc3cc(C4=N[C@@]5(C(C)(C)C)c6ccccc6C[C@@]5(C(C)(C)C)O4)cc(-c4c(C(C)C)cccc4C(C)C)c3)ccc2c1. The predicted octanol–water partition coefficient (Wildman–Crippen LogP) is 12.0. The number of benzene rings is 4. The highest BCUT2D eigenvalue weighted by Crippen LogP contribution is 2.66. The molecule has 0 fully saturated rings. The Morgan fingerprint density at radius 1 is 0.765 bits per heavy atom. The molecule has 0 saturated carbocycles. The van der Waals surface area contributed by atoms with Crippen molar-refractivity contribution < 1.29 is 14.6 Å². The lowest BCUT2D eigenvalue weighted by Crippen LogP contribution is -2.60. The lowest BCUT2D eigenvalue weighted by Gasteiger charge is -2.52. The largest absolute Gasteiger partial charge is 0.506 e. The summed E-state index contributed by atoms with van der Waals surface area (Å²) in [5.41, 5.74) is 8.02. The molecule has 4 aromatic carbocycles. The van der Waals surface area contributed by atoms with Crippen LogP contribution in [0.5, 0.6) is 17.4 Å². The van der Waals surface area contributed by atoms with E-state index in [1.807, 2.05) is 31.2 Å². The van der Waals surface area contributed by atoms with Gasteiger partial charge >= 0.3 is 0 Å². The number of hydrogen-bond acceptors (Lipinski definition) is 5. The van der Waals surface area contributed by atoms with E-state index in [0.717, 1.165) is 28.5 Å². The van der Waals surface area contributed by atoms with Gasteiger partial charge in [-0.2, -0.15) is 0 Å². The van der Waals surface area contributed by atoms with Gasteiger partial charge in [0.25, 0.3) is 0 Å². The van der Waals surface area contributed by atoms with Crippen LogP contribution in [0, 0.1) is 17.8 Å². The molecule has 1 aromatic heterocycles. The third-order valence-corrected chi connectivity index (χ3v) is 11.2. The van der Waals surface area contributed by atoms with Gasteiger partial charge in [-0.25, -0.2) is 9.98 Å². The average molecular weight is 681 g/mol. The lowest BCUT2D eigenvalue weighted by molar-refractivity contribution is -0.108. The zero-order valence-electron chi connectivity index (χ0n) is 32.1. The summed E-state index contributed by atoms with van der Waals surface area (Å²) >= 11 is 0. The Labute approximate surface area is 303 Å². The number of aromatic nitrogens is 1. The number of phenols is 1. The van der Waals surface area contributed by atoms with Crippen molar-refractivity contribution in [2.24, 2.45) is 15.8 Å². The van der Waals surface area contributed by atoms with E-state index in [2.05, 4.69) is 124 Å². The minimum Gasteiger partial charge on any atom is -0.506 e. The van der Waals surface area contributed by atoms with Crippen LogP contribution in [0.25, 0.3) is 22.0 Å². The van der Waals surface area contributed by atoms with Crippen LogP contribution in [0.3, 0.4) is 0 Å². The molecule has 1 aliphatic carbocycles. The van der Waals surface area contributed by atoms with Crippen molar-refractivity contribution in [3.63, 3.8) is 0 Å². The number of aliphatic imine (C=N–C) groups is 1. The van der Waals surface area contributed by atoms with E-state index in [1.165, 1.54) is 27.8 Å². The minimum atomic E-state index is -0.615. The molecule has 0 unspecified atom stereocenters. The van der Waals surface area contributed by atoms with Crippen molar-refractivity contribution in [3.05, 3.63) is 118 Å². The molecular formula is C46H52N2O3. The number of phenolic OH excluding ortho intramolecular Hbond substituents is 1. The molecule has 0 bridgehead atoms. The van der Waals surface area contributed by atoms with Crippen LogP contribution in [0.1, 0.15) is 114 Å². The van der Waals surface area contributed by atoms with Crippen LogP contribution in [-0.2, 0) is 16.7 Å². The second kappa shape index (κ2) is 12.0. The number of rotatable bonds is 6. The van der Waals surface area contributed by atoms with Gasteiger partial charge in [0.15, 0.2) is 0 Å². The minimum absolute atomic E-state index is 0.137. The first kappa shape index (κ1) is 34.8. The molecule has 0 spiro atoms. The monoisotopic (exact) mass is 680 g/mol. The zero-order chi connectivity index (χ0) is 36.7. The van der Waals surface area contributed by atoms with E-state index in [4.69, 9.17) is 19.5 Å². The molecule has 5 heteroatoms. The molecule has 2 aliphatic rings. The number of ether oxygens (including phenoxy) is 2. The Bertz CT molecular complexity index is 2170. The van der Waals surface area contributed by atoms with Crippen molar-refractivity contribution in [2.75, 3.05) is 0 Å². The maximum Gasteiger partial charge on any atom is 0.219 e. The Hall–Kier alpha value is -4.64. The fraction of sp³-hybridized carbons (Fsp3) is 0.391. The van der Waals surface area contributed by atoms with E-state index in [-0.39, 0.29) is 16.6 Å². The average Bonchev–Trinajstić information content (AvgIpc) is 3.56. The van der Waals surface area contributed by atoms with Gasteiger partial charge in [-0.15, -0.1) is 0 Å². The predicted molar refractivity (Wildman–Crippen MR) is 209 cm³/mol. The van der Waals surface area contributed by atoms with Crippen LogP contribution in [0.2, 0.25) is 0 Å². The van der Waals surface area contributed by atoms with Gasteiger partial charge in [-0.1, -0.05) is 112 Å². The molecule has 2 heterocycles. The van der Waals surface area contributed by atoms with Crippen molar-refractivity contribution in [1.29, 1.82) is 0 Å². The van der Waals surface area contributed by atoms with Crippen molar-refractivity contribution >= 4 is 16.8 Å². The molecule has 1 aliphatic heterocycles. The summed E-state index contributed by atoms with van der Waals surface area (Å²) in [7, 11) is 0. The summed E-state index contributed by atoms with van der Waals surface area (Å²) in [6, 6.07) is 29.4. The van der Waals surface area contributed by atoms with Crippen LogP contribution in [-0.4, -0.2) is 21.6 Å². The molecule has 0 amide bonds. The highest BCUT2D eigenvalue weighted by molar-refractivity contribution is 5.99. The summed E-state index contributed by atoms with van der Waals surface area (Å²) in [5.74, 6) is 2.43. The van der Waals surface area contributed by atoms with Gasteiger partial charge in [-0.05, 0) is 99.5 Å². The third-order valence-electron chi connectivity index (χ3n) is 11.2. The topological polar surface area (TPSA) is 63.9 Å². The number of fused-ring (bicyclic) bond motifs is 4. The molecule has 5 aromatic rings. The molecule has 7 rings (SSSR count). The highest BCUT2D eigenvalue weighted by Gasteiger charge is 2.72. The van der Waals surface area contributed by atoms with E-state index in [0.29, 0.717) is 34.9 Å². The first-order chi connectivity index (χ1) is 24.0. The number of nitrogens with zero attached hydrogens (tertiary/aromatic N) is 2. The number of aryl methyl sites for hydroxylation is 1. The summed E-state index contributed by atoms with van der Waals surface area (Å²) in [4.78, 5) is 10.5. The van der Waals surface area contributed by atoms with Gasteiger partial charge in [0, 0.05) is 28.9 Å². The summed E-state index contributed by atoms with van der Waals surface area (Å²) in [6.07, 6.45) is 0.775. The Kier molecular flexibility index (Phi) is 8.16. The highest BCUT2D eigenvalue weighted by atomic mass is 16.5. The van der Waals surface area contributed by atoms with Crippen molar-refractivity contribution in [2.45, 2.75) is 106 Å². The fourth-order valence-corrected chi connectivity index (χ4v) is 8.84. The van der Waals surface area contributed by atoms with Gasteiger partial charge in [0.05, 0.1) is 0 Å². The molecule has 264 valence electrons. The maximum absolute atomic E-state index is 10.8. The van der Waals surface area contributed by atoms with Crippen molar-refractivity contribution in [3.8, 4) is 28.5 Å². The zero-order valence-corrected chi connectivity index (χ0v) is 32.1. The van der Waals surface area contributed by atoms with Crippen LogP contribution in [0.4, 0.5) is 0 Å². The Morgan fingerprint density at radius 3 is 2.08 bits per heavy atom. The van der Waals surface area contributed by atoms with Gasteiger partial charge < -0.3 is 14.6 Å². The summed E-state index contributed by atoms with van der Waals surface area (Å²) < 4.78 is 14.1. The van der Waals surface area contributed by atoms with Gasteiger partial charge in [0.1, 0.15) is 28.2 Å². The van der Waals surface area contributed by atoms with E-state index < -0.39 is 11.1 Å². The van der Waals surface area contributed by atoms with Crippen LogP contribution >= 0.6 is 0 Å². The van der Waals surface area contributed by atoms with Crippen molar-refractivity contribution in [1.82, 2.24) is 4.98 Å². The van der Waals surface area contributed by atoms with Gasteiger partial charge in [-0.3, -0.25) is 0 Å². The first-order valence-corrected chi connectivity index (χ1v) is 18.4. The molecule has 51 heavy (non-hydrogen) atoms. The summed E-state index contributed by atoms with van der Waals surface area (Å²) in [5, 5.41) is 11.6. The van der Waals surface area contributed by atoms with Crippen LogP contribution < -0.4 is 4.74 Å². The standard InChI is InChI=1S/C46H52N2O3/c1-27(2)35-16-14-17-36(28(3)4)40(35)32-23-33(25-34(24-32)50-39-20-19-30-21-29(5)22-38(49)41(30)47-39)42-48-46(44(9,10)11)37-18-13-12-15-31(37)26-45(46,51-42)43(6,7)8/h12-25,27-28,49H,26H2,1-11H3/t45-,46+/m0/s1. The number of pyridine rings is 1. The molecule has 0 radical (unpaired) electrons. The molecule has 2 atom stereocenters. The Morgan fingerprint density at radius 2 is 1.43 bits per heavy atom. The smallest absolute Gasteiger partial charge is 0.219 e. The molecule has 1 N–H and O–H groups in total. The molecular weight excluding hydrogens is 629 g/mol. The maximum atomic E-state index is 10.8. The normalized spacial score (nSPS) is 20.1. The number of hydrogen-bond donors (Lipinski definition) is 1. The number of aromatic hydroxyl groups is 1.